The third kappa shape index (κ3) is 3.17. The van der Waals surface area contributed by atoms with Crippen molar-refractivity contribution in [3.05, 3.63) is 23.8 Å². The Labute approximate surface area is 114 Å². The molecular formula is C14H22N4O. The minimum absolute atomic E-state index is 0.0758. The van der Waals surface area contributed by atoms with Crippen LogP contribution in [0, 0.1) is 0 Å². The number of nitrogens with two attached hydrogens (primary N) is 1. The summed E-state index contributed by atoms with van der Waals surface area (Å²) in [5.74, 6) is -0.0758. The van der Waals surface area contributed by atoms with E-state index < -0.39 is 0 Å². The van der Waals surface area contributed by atoms with Gasteiger partial charge in [-0.3, -0.25) is 4.79 Å². The lowest BCUT2D eigenvalue weighted by Gasteiger charge is -2.24. The number of amides is 1. The van der Waals surface area contributed by atoms with Gasteiger partial charge >= 0.3 is 0 Å². The number of nitrogen functional groups attached to an aromatic ring is 1. The maximum Gasteiger partial charge on any atom is 0.251 e. The van der Waals surface area contributed by atoms with Crippen LogP contribution in [0.3, 0.4) is 0 Å². The van der Waals surface area contributed by atoms with E-state index in [1.165, 1.54) is 0 Å². The number of nitrogens with zero attached hydrogens (tertiary/aromatic N) is 2. The average molecular weight is 262 g/mol. The molecule has 5 heteroatoms. The SMILES string of the molecule is CNC(=O)c1ccc(N)c(N2CCCN(C)CC2)c1. The van der Waals surface area contributed by atoms with E-state index >= 15 is 0 Å². The van der Waals surface area contributed by atoms with Gasteiger partial charge in [-0.15, -0.1) is 0 Å². The van der Waals surface area contributed by atoms with E-state index in [1.54, 1.807) is 13.1 Å². The van der Waals surface area contributed by atoms with Crippen molar-refractivity contribution in [2.45, 2.75) is 6.42 Å². The predicted octanol–water partition coefficient (Wildman–Crippen LogP) is 0.770. The molecule has 1 saturated heterocycles. The van der Waals surface area contributed by atoms with E-state index in [-0.39, 0.29) is 5.91 Å². The van der Waals surface area contributed by atoms with Crippen LogP contribution in [-0.2, 0) is 0 Å². The number of hydrogen-bond donors (Lipinski definition) is 2. The van der Waals surface area contributed by atoms with Gasteiger partial charge in [0.1, 0.15) is 0 Å². The normalized spacial score (nSPS) is 17.1. The molecule has 104 valence electrons. The van der Waals surface area contributed by atoms with Crippen LogP contribution in [0.1, 0.15) is 16.8 Å². The molecule has 2 rings (SSSR count). The van der Waals surface area contributed by atoms with Crippen molar-refractivity contribution >= 4 is 17.3 Å². The Morgan fingerprint density at radius 2 is 2.05 bits per heavy atom. The molecule has 1 aliphatic heterocycles. The fraction of sp³-hybridized carbons (Fsp3) is 0.500. The molecule has 1 heterocycles. The first-order valence-corrected chi connectivity index (χ1v) is 6.67. The van der Waals surface area contributed by atoms with E-state index in [9.17, 15) is 4.79 Å². The van der Waals surface area contributed by atoms with Crippen LogP contribution in [0.2, 0.25) is 0 Å². The van der Waals surface area contributed by atoms with Crippen molar-refractivity contribution in [1.82, 2.24) is 10.2 Å². The Bertz CT molecular complexity index is 461. The van der Waals surface area contributed by atoms with Crippen molar-refractivity contribution in [1.29, 1.82) is 0 Å². The lowest BCUT2D eigenvalue weighted by molar-refractivity contribution is 0.0963. The average Bonchev–Trinajstić information content (AvgIpc) is 2.63. The minimum atomic E-state index is -0.0758. The molecule has 0 aliphatic carbocycles. The van der Waals surface area contributed by atoms with Gasteiger partial charge in [0.05, 0.1) is 11.4 Å². The van der Waals surface area contributed by atoms with Crippen molar-refractivity contribution in [2.75, 3.05) is 50.9 Å². The van der Waals surface area contributed by atoms with Crippen LogP contribution in [-0.4, -0.2) is 51.1 Å². The maximum absolute atomic E-state index is 11.7. The van der Waals surface area contributed by atoms with E-state index in [0.717, 1.165) is 44.0 Å². The number of rotatable bonds is 2. The highest BCUT2D eigenvalue weighted by atomic mass is 16.1. The first kappa shape index (κ1) is 13.7. The van der Waals surface area contributed by atoms with Crippen LogP contribution in [0.4, 0.5) is 11.4 Å². The fourth-order valence-electron chi connectivity index (χ4n) is 2.39. The van der Waals surface area contributed by atoms with Crippen LogP contribution in [0.25, 0.3) is 0 Å². The van der Waals surface area contributed by atoms with Gasteiger partial charge in [-0.1, -0.05) is 0 Å². The zero-order valence-corrected chi connectivity index (χ0v) is 11.6. The second-order valence-electron chi connectivity index (χ2n) is 5.00. The fourth-order valence-corrected chi connectivity index (χ4v) is 2.39. The van der Waals surface area contributed by atoms with Gasteiger partial charge in [0.15, 0.2) is 0 Å². The first-order valence-electron chi connectivity index (χ1n) is 6.67. The van der Waals surface area contributed by atoms with Crippen molar-refractivity contribution in [3.8, 4) is 0 Å². The molecule has 5 nitrogen and oxygen atoms in total. The highest BCUT2D eigenvalue weighted by Gasteiger charge is 2.16. The summed E-state index contributed by atoms with van der Waals surface area (Å²) in [5.41, 5.74) is 8.42. The third-order valence-corrected chi connectivity index (χ3v) is 3.58. The van der Waals surface area contributed by atoms with Crippen molar-refractivity contribution in [3.63, 3.8) is 0 Å². The van der Waals surface area contributed by atoms with Crippen LogP contribution in [0.15, 0.2) is 18.2 Å². The molecule has 0 unspecified atom stereocenters. The van der Waals surface area contributed by atoms with Gasteiger partial charge in [0.25, 0.3) is 5.91 Å². The highest BCUT2D eigenvalue weighted by molar-refractivity contribution is 5.96. The molecule has 1 aliphatic rings. The molecule has 1 aromatic carbocycles. The standard InChI is InChI=1S/C14H22N4O/c1-16-14(19)11-4-5-12(15)13(10-11)18-7-3-6-17(2)8-9-18/h4-5,10H,3,6-9,15H2,1-2H3,(H,16,19). The molecule has 0 bridgehead atoms. The molecule has 0 saturated carbocycles. The number of anilines is 2. The van der Waals surface area contributed by atoms with Crippen LogP contribution in [0.5, 0.6) is 0 Å². The number of carbonyl (C=O) groups is 1. The van der Waals surface area contributed by atoms with Crippen molar-refractivity contribution in [2.24, 2.45) is 0 Å². The largest absolute Gasteiger partial charge is 0.397 e. The highest BCUT2D eigenvalue weighted by Crippen LogP contribution is 2.25. The van der Waals surface area contributed by atoms with E-state index in [1.807, 2.05) is 12.1 Å². The van der Waals surface area contributed by atoms with Gasteiger partial charge in [-0.2, -0.15) is 0 Å². The number of likely N-dealkylation sites (N-methyl/N-ethyl adjacent to an activating group) is 1. The summed E-state index contributed by atoms with van der Waals surface area (Å²) < 4.78 is 0. The van der Waals surface area contributed by atoms with Gasteiger partial charge in [-0.25, -0.2) is 0 Å². The summed E-state index contributed by atoms with van der Waals surface area (Å²) in [7, 11) is 3.77. The summed E-state index contributed by atoms with van der Waals surface area (Å²) in [6.07, 6.45) is 1.11. The number of carbonyl (C=O) groups excluding carboxylic acids is 1. The van der Waals surface area contributed by atoms with Crippen molar-refractivity contribution < 1.29 is 4.79 Å². The lowest BCUT2D eigenvalue weighted by atomic mass is 10.1. The molecular weight excluding hydrogens is 240 g/mol. The quantitative estimate of drug-likeness (QED) is 0.773. The number of hydrogen-bond acceptors (Lipinski definition) is 4. The smallest absolute Gasteiger partial charge is 0.251 e. The minimum Gasteiger partial charge on any atom is -0.397 e. The first-order chi connectivity index (χ1) is 9.11. The summed E-state index contributed by atoms with van der Waals surface area (Å²) in [6, 6.07) is 5.47. The second kappa shape index (κ2) is 5.93. The summed E-state index contributed by atoms with van der Waals surface area (Å²) >= 11 is 0. The van der Waals surface area contributed by atoms with E-state index in [2.05, 4.69) is 22.2 Å². The maximum atomic E-state index is 11.7. The van der Waals surface area contributed by atoms with Gasteiger partial charge < -0.3 is 20.9 Å². The molecule has 0 aromatic heterocycles. The molecule has 0 atom stereocenters. The Kier molecular flexibility index (Phi) is 4.27. The van der Waals surface area contributed by atoms with Gasteiger partial charge in [0, 0.05) is 32.2 Å². The zero-order chi connectivity index (χ0) is 13.8. The third-order valence-electron chi connectivity index (χ3n) is 3.58. The lowest BCUT2D eigenvalue weighted by Crippen LogP contribution is -2.29. The molecule has 0 spiro atoms. The van der Waals surface area contributed by atoms with Gasteiger partial charge in [-0.05, 0) is 38.2 Å². The van der Waals surface area contributed by atoms with E-state index in [4.69, 9.17) is 5.73 Å². The Balaban J connectivity index is 2.24. The Hall–Kier alpha value is -1.75. The molecule has 1 aromatic rings. The molecule has 19 heavy (non-hydrogen) atoms. The summed E-state index contributed by atoms with van der Waals surface area (Å²) in [4.78, 5) is 16.3. The molecule has 1 amide bonds. The monoisotopic (exact) mass is 262 g/mol. The van der Waals surface area contributed by atoms with Gasteiger partial charge in [0.2, 0.25) is 0 Å². The summed E-state index contributed by atoms with van der Waals surface area (Å²) in [6.45, 7) is 4.04. The second-order valence-corrected chi connectivity index (χ2v) is 5.00. The van der Waals surface area contributed by atoms with E-state index in [0.29, 0.717) is 5.56 Å². The van der Waals surface area contributed by atoms with Crippen LogP contribution >= 0.6 is 0 Å². The summed E-state index contributed by atoms with van der Waals surface area (Å²) in [5, 5.41) is 2.64. The molecule has 0 radical (unpaired) electrons. The van der Waals surface area contributed by atoms with Crippen LogP contribution < -0.4 is 16.0 Å². The topological polar surface area (TPSA) is 61.6 Å². The Morgan fingerprint density at radius 1 is 1.26 bits per heavy atom. The predicted molar refractivity (Wildman–Crippen MR) is 78.6 cm³/mol. The number of benzene rings is 1. The number of nitrogens with one attached hydrogen (secondary N) is 1. The molecule has 3 N–H and O–H groups in total. The Morgan fingerprint density at radius 3 is 2.79 bits per heavy atom. The molecule has 1 fully saturated rings. The zero-order valence-electron chi connectivity index (χ0n) is 11.6.